The molecule has 1 N–H and O–H groups in total. The lowest BCUT2D eigenvalue weighted by atomic mass is 10.3. The van der Waals surface area contributed by atoms with E-state index < -0.39 is 11.8 Å². The van der Waals surface area contributed by atoms with Gasteiger partial charge in [0.2, 0.25) is 0 Å². The molecule has 0 radical (unpaired) electrons. The second-order valence-corrected chi connectivity index (χ2v) is 3.08. The van der Waals surface area contributed by atoms with Gasteiger partial charge in [-0.3, -0.25) is 9.59 Å². The first-order chi connectivity index (χ1) is 7.17. The summed E-state index contributed by atoms with van der Waals surface area (Å²) in [6, 6.07) is 1.75. The van der Waals surface area contributed by atoms with Gasteiger partial charge < -0.3 is 10.2 Å². The fourth-order valence-electron chi connectivity index (χ4n) is 1.09. The Morgan fingerprint density at radius 3 is 2.53 bits per heavy atom. The molecule has 0 unspecified atom stereocenters. The third-order valence-corrected chi connectivity index (χ3v) is 1.97. The maximum Gasteiger partial charge on any atom is 0.311 e. The van der Waals surface area contributed by atoms with E-state index >= 15 is 0 Å². The third kappa shape index (κ3) is 5.01. The van der Waals surface area contributed by atoms with Crippen molar-refractivity contribution in [2.24, 2.45) is 0 Å². The van der Waals surface area contributed by atoms with E-state index in [2.05, 4.69) is 5.32 Å². The van der Waals surface area contributed by atoms with Crippen LogP contribution in [-0.4, -0.2) is 36.3 Å². The highest BCUT2D eigenvalue weighted by molar-refractivity contribution is 6.35. The van der Waals surface area contributed by atoms with Crippen LogP contribution in [0.25, 0.3) is 0 Å². The molecule has 0 aromatic rings. The molecule has 0 aromatic heterocycles. The zero-order valence-corrected chi connectivity index (χ0v) is 9.25. The molecule has 0 aliphatic rings. The van der Waals surface area contributed by atoms with Gasteiger partial charge in [-0.1, -0.05) is 13.3 Å². The van der Waals surface area contributed by atoms with Gasteiger partial charge >= 0.3 is 11.8 Å². The molecule has 0 spiro atoms. The average Bonchev–Trinajstić information content (AvgIpc) is 2.26. The van der Waals surface area contributed by atoms with Crippen LogP contribution in [0.4, 0.5) is 0 Å². The molecule has 2 amide bonds. The molecule has 5 heteroatoms. The van der Waals surface area contributed by atoms with E-state index in [4.69, 9.17) is 5.26 Å². The third-order valence-electron chi connectivity index (χ3n) is 1.97. The minimum absolute atomic E-state index is 0.129. The topological polar surface area (TPSA) is 73.2 Å². The fourth-order valence-corrected chi connectivity index (χ4v) is 1.09. The monoisotopic (exact) mass is 211 g/mol. The van der Waals surface area contributed by atoms with Gasteiger partial charge in [-0.25, -0.2) is 0 Å². The molecule has 0 saturated heterocycles. The largest absolute Gasteiger partial charge is 0.335 e. The molecule has 84 valence electrons. The van der Waals surface area contributed by atoms with E-state index in [0.717, 1.165) is 12.8 Å². The maximum atomic E-state index is 11.5. The number of unbranched alkanes of at least 4 members (excludes halogenated alkanes) is 1. The number of hydrogen-bond donors (Lipinski definition) is 1. The number of nitrogens with one attached hydrogen (secondary N) is 1. The highest BCUT2D eigenvalue weighted by Crippen LogP contribution is 1.95. The van der Waals surface area contributed by atoms with Crippen LogP contribution in [-0.2, 0) is 9.59 Å². The summed E-state index contributed by atoms with van der Waals surface area (Å²) in [6.45, 7) is 4.82. The number of rotatable bonds is 5. The molecule has 0 fully saturated rings. The lowest BCUT2D eigenvalue weighted by molar-refractivity contribution is -0.145. The molecule has 0 aromatic carbocycles. The maximum absolute atomic E-state index is 11.5. The summed E-state index contributed by atoms with van der Waals surface area (Å²) in [4.78, 5) is 24.2. The lowest BCUT2D eigenvalue weighted by Crippen LogP contribution is -2.43. The van der Waals surface area contributed by atoms with Gasteiger partial charge in [0.25, 0.3) is 0 Å². The van der Waals surface area contributed by atoms with Gasteiger partial charge in [0.05, 0.1) is 6.07 Å². The molecule has 0 aliphatic heterocycles. The Bertz CT molecular complexity index is 258. The van der Waals surface area contributed by atoms with Crippen LogP contribution in [0.5, 0.6) is 0 Å². The number of nitrogens with zero attached hydrogens (tertiary/aromatic N) is 2. The van der Waals surface area contributed by atoms with Gasteiger partial charge in [-0.15, -0.1) is 0 Å². The quantitative estimate of drug-likeness (QED) is 0.524. The van der Waals surface area contributed by atoms with E-state index in [9.17, 15) is 9.59 Å². The average molecular weight is 211 g/mol. The Hall–Kier alpha value is -1.57. The van der Waals surface area contributed by atoms with E-state index in [1.165, 1.54) is 4.90 Å². The first-order valence-corrected chi connectivity index (χ1v) is 5.11. The van der Waals surface area contributed by atoms with Crippen molar-refractivity contribution in [3.63, 3.8) is 0 Å². The van der Waals surface area contributed by atoms with Crippen molar-refractivity contribution in [3.8, 4) is 6.07 Å². The van der Waals surface area contributed by atoms with Crippen LogP contribution < -0.4 is 5.32 Å². The second-order valence-electron chi connectivity index (χ2n) is 3.08. The molecule has 0 rings (SSSR count). The molecule has 5 nitrogen and oxygen atoms in total. The normalized spacial score (nSPS) is 9.13. The Morgan fingerprint density at radius 2 is 2.07 bits per heavy atom. The second kappa shape index (κ2) is 7.80. The minimum atomic E-state index is -0.700. The van der Waals surface area contributed by atoms with E-state index in [0.29, 0.717) is 13.1 Å². The molecule has 0 atom stereocenters. The Balaban J connectivity index is 4.13. The van der Waals surface area contributed by atoms with Crippen molar-refractivity contribution in [1.82, 2.24) is 10.2 Å². The zero-order chi connectivity index (χ0) is 11.7. The van der Waals surface area contributed by atoms with Gasteiger partial charge in [0.15, 0.2) is 0 Å². The first kappa shape index (κ1) is 13.4. The summed E-state index contributed by atoms with van der Waals surface area (Å²) >= 11 is 0. The number of carbonyl (C=O) groups excluding carboxylic acids is 2. The standard InChI is InChI=1S/C10H17N3O2/c1-3-5-8-13(4-2)10(15)9(14)12-7-6-11/h3-5,7-8H2,1-2H3,(H,12,14). The van der Waals surface area contributed by atoms with Crippen LogP contribution in [0.15, 0.2) is 0 Å². The minimum Gasteiger partial charge on any atom is -0.335 e. The van der Waals surface area contributed by atoms with Crippen molar-refractivity contribution in [2.45, 2.75) is 26.7 Å². The Kier molecular flexibility index (Phi) is 6.98. The fraction of sp³-hybridized carbons (Fsp3) is 0.700. The molecular weight excluding hydrogens is 194 g/mol. The summed E-state index contributed by atoms with van der Waals surface area (Å²) < 4.78 is 0. The summed E-state index contributed by atoms with van der Waals surface area (Å²) in [5, 5.41) is 10.5. The molecule has 0 bridgehead atoms. The molecule has 15 heavy (non-hydrogen) atoms. The van der Waals surface area contributed by atoms with Gasteiger partial charge in [0.1, 0.15) is 6.54 Å². The van der Waals surface area contributed by atoms with Crippen molar-refractivity contribution < 1.29 is 9.59 Å². The first-order valence-electron chi connectivity index (χ1n) is 5.11. The Morgan fingerprint density at radius 1 is 1.40 bits per heavy atom. The molecule has 0 saturated carbocycles. The molecule has 0 heterocycles. The van der Waals surface area contributed by atoms with Gasteiger partial charge in [-0.2, -0.15) is 5.26 Å². The number of likely N-dealkylation sites (N-methyl/N-ethyl adjacent to an activating group) is 1. The van der Waals surface area contributed by atoms with Crippen LogP contribution >= 0.6 is 0 Å². The SMILES string of the molecule is CCCCN(CC)C(=O)C(=O)NCC#N. The van der Waals surface area contributed by atoms with Crippen molar-refractivity contribution >= 4 is 11.8 Å². The number of carbonyl (C=O) groups is 2. The number of nitriles is 1. The predicted molar refractivity (Wildman–Crippen MR) is 55.8 cm³/mol. The summed E-state index contributed by atoms with van der Waals surface area (Å²) in [5.41, 5.74) is 0. The van der Waals surface area contributed by atoms with E-state index in [1.54, 1.807) is 6.07 Å². The Labute approximate surface area is 90.0 Å². The highest BCUT2D eigenvalue weighted by atomic mass is 16.2. The van der Waals surface area contributed by atoms with Crippen LogP contribution in [0.1, 0.15) is 26.7 Å². The summed E-state index contributed by atoms with van der Waals surface area (Å²) in [7, 11) is 0. The lowest BCUT2D eigenvalue weighted by Gasteiger charge is -2.19. The smallest absolute Gasteiger partial charge is 0.311 e. The van der Waals surface area contributed by atoms with Gasteiger partial charge in [-0.05, 0) is 13.3 Å². The molecule has 0 aliphatic carbocycles. The van der Waals surface area contributed by atoms with E-state index in [1.807, 2.05) is 13.8 Å². The van der Waals surface area contributed by atoms with Crippen LogP contribution in [0, 0.1) is 11.3 Å². The van der Waals surface area contributed by atoms with Crippen molar-refractivity contribution in [1.29, 1.82) is 5.26 Å². The van der Waals surface area contributed by atoms with Crippen LogP contribution in [0.2, 0.25) is 0 Å². The number of amides is 2. The zero-order valence-electron chi connectivity index (χ0n) is 9.25. The number of hydrogen-bond acceptors (Lipinski definition) is 3. The van der Waals surface area contributed by atoms with Crippen molar-refractivity contribution in [3.05, 3.63) is 0 Å². The summed E-state index contributed by atoms with van der Waals surface area (Å²) in [6.07, 6.45) is 1.86. The van der Waals surface area contributed by atoms with Gasteiger partial charge in [0, 0.05) is 13.1 Å². The molecular formula is C10H17N3O2. The highest BCUT2D eigenvalue weighted by Gasteiger charge is 2.19. The van der Waals surface area contributed by atoms with Crippen molar-refractivity contribution in [2.75, 3.05) is 19.6 Å². The summed E-state index contributed by atoms with van der Waals surface area (Å²) in [5.74, 6) is -1.25. The predicted octanol–water partition coefficient (Wildman–Crippen LogP) is 0.275. The van der Waals surface area contributed by atoms with E-state index in [-0.39, 0.29) is 6.54 Å². The van der Waals surface area contributed by atoms with Crippen LogP contribution in [0.3, 0.4) is 0 Å².